The van der Waals surface area contributed by atoms with Gasteiger partial charge in [0, 0.05) is 5.02 Å². The largest absolute Gasteiger partial charge is 0.0840 e. The van der Waals surface area contributed by atoms with Crippen LogP contribution in [0.3, 0.4) is 0 Å². The Balaban J connectivity index is 1.91. The van der Waals surface area contributed by atoms with Gasteiger partial charge in [0.15, 0.2) is 0 Å². The maximum absolute atomic E-state index is 6.21. The molecule has 1 aromatic carbocycles. The third-order valence-electron chi connectivity index (χ3n) is 3.58. The van der Waals surface area contributed by atoms with Crippen molar-refractivity contribution in [2.75, 3.05) is 0 Å². The van der Waals surface area contributed by atoms with Crippen LogP contribution in [-0.2, 0) is 12.8 Å². The molecule has 17 heavy (non-hydrogen) atoms. The van der Waals surface area contributed by atoms with Gasteiger partial charge in [0.25, 0.3) is 0 Å². The third kappa shape index (κ3) is 3.35. The fourth-order valence-electron chi connectivity index (χ4n) is 2.53. The molecule has 92 valence electrons. The van der Waals surface area contributed by atoms with Gasteiger partial charge in [-0.15, -0.1) is 0 Å². The highest BCUT2D eigenvalue weighted by Crippen LogP contribution is 2.29. The number of fused-ring (bicyclic) bond motifs is 1. The van der Waals surface area contributed by atoms with Crippen LogP contribution in [0, 0.1) is 0 Å². The quantitative estimate of drug-likeness (QED) is 0.488. The molecule has 0 bridgehead atoms. The monoisotopic (exact) mass is 248 g/mol. The second kappa shape index (κ2) is 6.26. The van der Waals surface area contributed by atoms with E-state index in [0.29, 0.717) is 0 Å². The fraction of sp³-hybridized carbons (Fsp3) is 0.500. The minimum Gasteiger partial charge on any atom is -0.0840 e. The molecule has 0 spiro atoms. The highest BCUT2D eigenvalue weighted by molar-refractivity contribution is 6.31. The highest BCUT2D eigenvalue weighted by atomic mass is 35.5. The maximum Gasteiger partial charge on any atom is 0.0444 e. The zero-order valence-electron chi connectivity index (χ0n) is 10.6. The minimum absolute atomic E-state index is 0.934. The zero-order valence-corrected chi connectivity index (χ0v) is 11.4. The summed E-state index contributed by atoms with van der Waals surface area (Å²) >= 11 is 6.21. The molecular formula is C16H21Cl. The molecule has 0 fully saturated rings. The molecule has 0 unspecified atom stereocenters. The van der Waals surface area contributed by atoms with Crippen LogP contribution in [0.15, 0.2) is 29.8 Å². The van der Waals surface area contributed by atoms with Crippen LogP contribution in [0.5, 0.6) is 0 Å². The summed E-state index contributed by atoms with van der Waals surface area (Å²) in [6, 6.07) is 6.29. The molecule has 1 heteroatoms. The van der Waals surface area contributed by atoms with Gasteiger partial charge in [-0.2, -0.15) is 0 Å². The van der Waals surface area contributed by atoms with Crippen molar-refractivity contribution in [1.29, 1.82) is 0 Å². The van der Waals surface area contributed by atoms with Crippen LogP contribution >= 0.6 is 11.6 Å². The first-order valence-corrected chi connectivity index (χ1v) is 7.13. The number of allylic oxidation sites excluding steroid dienone is 2. The molecule has 1 aliphatic rings. The minimum atomic E-state index is 0.934. The first-order chi connectivity index (χ1) is 8.31. The molecule has 0 amide bonds. The van der Waals surface area contributed by atoms with Crippen molar-refractivity contribution in [3.8, 4) is 0 Å². The van der Waals surface area contributed by atoms with Crippen molar-refractivity contribution in [3.05, 3.63) is 46.0 Å². The van der Waals surface area contributed by atoms with Crippen LogP contribution in [0.4, 0.5) is 0 Å². The zero-order chi connectivity index (χ0) is 12.1. The number of halogens is 1. The number of hydrogen-bond acceptors (Lipinski definition) is 0. The summed E-state index contributed by atoms with van der Waals surface area (Å²) in [6.45, 7) is 2.26. The SMILES string of the molecule is CCCCCCC1=CCc2c(Cl)cccc2C1. The van der Waals surface area contributed by atoms with Gasteiger partial charge in [0.1, 0.15) is 0 Å². The van der Waals surface area contributed by atoms with E-state index in [1.165, 1.54) is 43.2 Å². The second-order valence-electron chi connectivity index (χ2n) is 4.93. The summed E-state index contributed by atoms with van der Waals surface area (Å²) in [5, 5.41) is 0.934. The fourth-order valence-corrected chi connectivity index (χ4v) is 2.80. The van der Waals surface area contributed by atoms with Gasteiger partial charge in [-0.25, -0.2) is 0 Å². The Morgan fingerprint density at radius 1 is 1.18 bits per heavy atom. The summed E-state index contributed by atoms with van der Waals surface area (Å²) in [5.41, 5.74) is 4.38. The lowest BCUT2D eigenvalue weighted by Gasteiger charge is -2.18. The lowest BCUT2D eigenvalue weighted by Crippen LogP contribution is -2.03. The normalized spacial score (nSPS) is 14.4. The molecule has 0 N–H and O–H groups in total. The molecule has 0 atom stereocenters. The molecule has 0 aromatic heterocycles. The molecule has 1 aromatic rings. The summed E-state index contributed by atoms with van der Waals surface area (Å²) in [5.74, 6) is 0. The van der Waals surface area contributed by atoms with Crippen molar-refractivity contribution in [3.63, 3.8) is 0 Å². The Hall–Kier alpha value is -0.750. The molecule has 0 saturated carbocycles. The number of unbranched alkanes of at least 4 members (excludes halogenated alkanes) is 3. The number of benzene rings is 1. The standard InChI is InChI=1S/C16H21Cl/c1-2-3-4-5-7-13-10-11-15-14(12-13)8-6-9-16(15)17/h6,8-10H,2-5,7,11-12H2,1H3. The van der Waals surface area contributed by atoms with E-state index < -0.39 is 0 Å². The van der Waals surface area contributed by atoms with E-state index in [9.17, 15) is 0 Å². The molecule has 2 rings (SSSR count). The van der Waals surface area contributed by atoms with E-state index in [1.54, 1.807) is 5.57 Å². The average molecular weight is 249 g/mol. The number of hydrogen-bond donors (Lipinski definition) is 0. The van der Waals surface area contributed by atoms with E-state index in [0.717, 1.165) is 17.9 Å². The molecule has 0 heterocycles. The number of rotatable bonds is 5. The molecule has 0 aliphatic heterocycles. The molecule has 0 saturated heterocycles. The molecule has 0 nitrogen and oxygen atoms in total. The molecule has 1 aliphatic carbocycles. The van der Waals surface area contributed by atoms with E-state index >= 15 is 0 Å². The summed E-state index contributed by atoms with van der Waals surface area (Å²) < 4.78 is 0. The predicted molar refractivity (Wildman–Crippen MR) is 75.7 cm³/mol. The topological polar surface area (TPSA) is 0 Å². The predicted octanol–water partition coefficient (Wildman–Crippen LogP) is 5.34. The summed E-state index contributed by atoms with van der Waals surface area (Å²) in [6.07, 6.45) is 11.2. The first kappa shape index (κ1) is 12.7. The van der Waals surface area contributed by atoms with Crippen molar-refractivity contribution in [1.82, 2.24) is 0 Å². The van der Waals surface area contributed by atoms with E-state index in [-0.39, 0.29) is 0 Å². The van der Waals surface area contributed by atoms with Gasteiger partial charge in [-0.1, -0.05) is 61.6 Å². The van der Waals surface area contributed by atoms with E-state index in [2.05, 4.69) is 25.1 Å². The van der Waals surface area contributed by atoms with Gasteiger partial charge >= 0.3 is 0 Å². The smallest absolute Gasteiger partial charge is 0.0444 e. The molecular weight excluding hydrogens is 228 g/mol. The van der Waals surface area contributed by atoms with Crippen LogP contribution in [-0.4, -0.2) is 0 Å². The Labute approximate surface area is 110 Å². The van der Waals surface area contributed by atoms with E-state index in [4.69, 9.17) is 11.6 Å². The lowest BCUT2D eigenvalue weighted by molar-refractivity contribution is 0.656. The van der Waals surface area contributed by atoms with Crippen LogP contribution in [0.1, 0.15) is 50.2 Å². The van der Waals surface area contributed by atoms with Gasteiger partial charge < -0.3 is 0 Å². The Morgan fingerprint density at radius 2 is 2.06 bits per heavy atom. The second-order valence-corrected chi connectivity index (χ2v) is 5.34. The summed E-state index contributed by atoms with van der Waals surface area (Å²) in [7, 11) is 0. The van der Waals surface area contributed by atoms with Gasteiger partial charge in [0.2, 0.25) is 0 Å². The maximum atomic E-state index is 6.21. The Kier molecular flexibility index (Phi) is 4.67. The van der Waals surface area contributed by atoms with Crippen LogP contribution < -0.4 is 0 Å². The van der Waals surface area contributed by atoms with Gasteiger partial charge in [0.05, 0.1) is 0 Å². The van der Waals surface area contributed by atoms with E-state index in [1.807, 2.05) is 6.07 Å². The Morgan fingerprint density at radius 3 is 2.88 bits per heavy atom. The van der Waals surface area contributed by atoms with Crippen LogP contribution in [0.25, 0.3) is 0 Å². The summed E-state index contributed by atoms with van der Waals surface area (Å²) in [4.78, 5) is 0. The van der Waals surface area contributed by atoms with Crippen molar-refractivity contribution >= 4 is 11.6 Å². The lowest BCUT2D eigenvalue weighted by atomic mass is 9.89. The van der Waals surface area contributed by atoms with Crippen molar-refractivity contribution < 1.29 is 0 Å². The average Bonchev–Trinajstić information content (AvgIpc) is 2.35. The third-order valence-corrected chi connectivity index (χ3v) is 3.93. The van der Waals surface area contributed by atoms with Gasteiger partial charge in [-0.3, -0.25) is 0 Å². The molecule has 0 radical (unpaired) electrons. The first-order valence-electron chi connectivity index (χ1n) is 6.75. The highest BCUT2D eigenvalue weighted by Gasteiger charge is 2.12. The van der Waals surface area contributed by atoms with Crippen molar-refractivity contribution in [2.24, 2.45) is 0 Å². The van der Waals surface area contributed by atoms with Crippen LogP contribution in [0.2, 0.25) is 5.02 Å². The van der Waals surface area contributed by atoms with Crippen molar-refractivity contribution in [2.45, 2.75) is 51.9 Å². The Bertz CT molecular complexity index is 404. The van der Waals surface area contributed by atoms with Gasteiger partial charge in [-0.05, 0) is 42.9 Å².